The summed E-state index contributed by atoms with van der Waals surface area (Å²) in [5, 5.41) is 0. The molecule has 1 atom stereocenters. The van der Waals surface area contributed by atoms with Crippen molar-refractivity contribution in [2.45, 2.75) is 52.5 Å². The zero-order chi connectivity index (χ0) is 18.4. The van der Waals surface area contributed by atoms with Gasteiger partial charge in [0.05, 0.1) is 0 Å². The Balaban J connectivity index is 1.80. The summed E-state index contributed by atoms with van der Waals surface area (Å²) in [7, 11) is 0. The zero-order valence-electron chi connectivity index (χ0n) is 16.6. The van der Waals surface area contributed by atoms with Crippen LogP contribution in [0.2, 0.25) is 0 Å². The summed E-state index contributed by atoms with van der Waals surface area (Å²) in [6, 6.07) is 20.6. The molecule has 2 aromatic carbocycles. The van der Waals surface area contributed by atoms with E-state index in [-0.39, 0.29) is 0 Å². The Morgan fingerprint density at radius 1 is 1.04 bits per heavy atom. The number of hydrogen-bond acceptors (Lipinski definition) is 1. The van der Waals surface area contributed by atoms with Crippen molar-refractivity contribution in [2.24, 2.45) is 5.92 Å². The Kier molecular flexibility index (Phi) is 6.68. The van der Waals surface area contributed by atoms with Crippen molar-refractivity contribution in [1.82, 2.24) is 4.90 Å². The highest BCUT2D eigenvalue weighted by atomic mass is 15.1. The Morgan fingerprint density at radius 3 is 2.42 bits per heavy atom. The van der Waals surface area contributed by atoms with Gasteiger partial charge in [-0.3, -0.25) is 0 Å². The van der Waals surface area contributed by atoms with Crippen molar-refractivity contribution in [2.75, 3.05) is 13.1 Å². The summed E-state index contributed by atoms with van der Waals surface area (Å²) in [5.41, 5.74) is 6.06. The van der Waals surface area contributed by atoms with Crippen LogP contribution in [0.3, 0.4) is 0 Å². The molecule has 0 saturated carbocycles. The number of hydrogen-bond donors (Lipinski definition) is 0. The summed E-state index contributed by atoms with van der Waals surface area (Å²) >= 11 is 0. The van der Waals surface area contributed by atoms with E-state index in [1.165, 1.54) is 24.8 Å². The minimum atomic E-state index is 0.620. The van der Waals surface area contributed by atoms with Gasteiger partial charge in [0.15, 0.2) is 0 Å². The van der Waals surface area contributed by atoms with Crippen molar-refractivity contribution in [1.29, 1.82) is 0 Å². The van der Waals surface area contributed by atoms with Crippen LogP contribution in [-0.2, 0) is 12.8 Å². The lowest BCUT2D eigenvalue weighted by Gasteiger charge is -2.28. The lowest BCUT2D eigenvalue weighted by molar-refractivity contribution is 0.238. The van der Waals surface area contributed by atoms with E-state index in [2.05, 4.69) is 86.3 Å². The van der Waals surface area contributed by atoms with Crippen LogP contribution in [0.5, 0.6) is 0 Å². The Labute approximate surface area is 159 Å². The Morgan fingerprint density at radius 2 is 1.73 bits per heavy atom. The van der Waals surface area contributed by atoms with Crippen molar-refractivity contribution in [3.05, 3.63) is 77.4 Å². The standard InChI is InChI=1S/C25H33N/c1-4-26(20(2)3)18-10-15-25(22-12-6-5-7-13-22)24-17-16-21-11-8-9-14-23(21)19-24/h5-9,11-15,20,24H,4,10,16-19H2,1-3H3. The molecule has 3 rings (SSSR count). The number of rotatable bonds is 7. The topological polar surface area (TPSA) is 3.24 Å². The molecule has 0 radical (unpaired) electrons. The molecule has 0 bridgehead atoms. The van der Waals surface area contributed by atoms with Gasteiger partial charge in [-0.15, -0.1) is 0 Å². The van der Waals surface area contributed by atoms with Crippen LogP contribution >= 0.6 is 0 Å². The van der Waals surface area contributed by atoms with Gasteiger partial charge in [0.2, 0.25) is 0 Å². The largest absolute Gasteiger partial charge is 0.301 e. The van der Waals surface area contributed by atoms with Crippen LogP contribution in [0, 0.1) is 5.92 Å². The van der Waals surface area contributed by atoms with Crippen LogP contribution in [0.4, 0.5) is 0 Å². The first-order valence-corrected chi connectivity index (χ1v) is 10.2. The van der Waals surface area contributed by atoms with Crippen LogP contribution in [-0.4, -0.2) is 24.0 Å². The average Bonchev–Trinajstić information content (AvgIpc) is 2.68. The first kappa shape index (κ1) is 18.9. The van der Waals surface area contributed by atoms with Crippen LogP contribution in [0.15, 0.2) is 60.7 Å². The summed E-state index contributed by atoms with van der Waals surface area (Å²) in [6.07, 6.45) is 7.31. The van der Waals surface area contributed by atoms with Gasteiger partial charge in [-0.05, 0) is 74.3 Å². The molecule has 0 aromatic heterocycles. The molecule has 0 aliphatic heterocycles. The van der Waals surface area contributed by atoms with Gasteiger partial charge in [0.1, 0.15) is 0 Å². The quantitative estimate of drug-likeness (QED) is 0.594. The summed E-state index contributed by atoms with van der Waals surface area (Å²) in [5.74, 6) is 0.640. The molecule has 138 valence electrons. The van der Waals surface area contributed by atoms with E-state index in [0.717, 1.165) is 19.5 Å². The lowest BCUT2D eigenvalue weighted by Crippen LogP contribution is -2.31. The molecule has 1 aliphatic rings. The molecule has 1 aliphatic carbocycles. The maximum absolute atomic E-state index is 2.55. The average molecular weight is 348 g/mol. The maximum atomic E-state index is 2.55. The van der Waals surface area contributed by atoms with Crippen LogP contribution in [0.1, 0.15) is 50.3 Å². The molecule has 0 heterocycles. The third kappa shape index (κ3) is 4.65. The van der Waals surface area contributed by atoms with Crippen molar-refractivity contribution >= 4 is 5.57 Å². The fourth-order valence-corrected chi connectivity index (χ4v) is 4.28. The predicted molar refractivity (Wildman–Crippen MR) is 113 cm³/mol. The number of benzene rings is 2. The van der Waals surface area contributed by atoms with E-state index in [1.54, 1.807) is 16.7 Å². The number of fused-ring (bicyclic) bond motifs is 1. The van der Waals surface area contributed by atoms with Crippen molar-refractivity contribution in [3.8, 4) is 0 Å². The fourth-order valence-electron chi connectivity index (χ4n) is 4.28. The third-order valence-corrected chi connectivity index (χ3v) is 5.81. The first-order valence-electron chi connectivity index (χ1n) is 10.2. The van der Waals surface area contributed by atoms with E-state index in [1.807, 2.05) is 0 Å². The molecule has 0 N–H and O–H groups in total. The monoisotopic (exact) mass is 347 g/mol. The highest BCUT2D eigenvalue weighted by molar-refractivity contribution is 5.68. The summed E-state index contributed by atoms with van der Waals surface area (Å²) < 4.78 is 0. The molecular weight excluding hydrogens is 314 g/mol. The first-order chi connectivity index (χ1) is 12.7. The number of nitrogens with zero attached hydrogens (tertiary/aromatic N) is 1. The zero-order valence-corrected chi connectivity index (χ0v) is 16.6. The SMILES string of the molecule is CCN(CCC=C(c1ccccc1)C1CCc2ccccc2C1)C(C)C. The second-order valence-corrected chi connectivity index (χ2v) is 7.74. The molecule has 0 fully saturated rings. The minimum Gasteiger partial charge on any atom is -0.301 e. The third-order valence-electron chi connectivity index (χ3n) is 5.81. The van der Waals surface area contributed by atoms with E-state index < -0.39 is 0 Å². The molecule has 0 amide bonds. The van der Waals surface area contributed by atoms with Gasteiger partial charge in [0.25, 0.3) is 0 Å². The smallest absolute Gasteiger partial charge is 0.00385 e. The molecule has 0 saturated heterocycles. The van der Waals surface area contributed by atoms with Gasteiger partial charge >= 0.3 is 0 Å². The molecular formula is C25H33N. The fraction of sp³-hybridized carbons (Fsp3) is 0.440. The van der Waals surface area contributed by atoms with E-state index in [4.69, 9.17) is 0 Å². The Bertz CT molecular complexity index is 714. The van der Waals surface area contributed by atoms with Gasteiger partial charge in [0, 0.05) is 12.6 Å². The van der Waals surface area contributed by atoms with E-state index in [0.29, 0.717) is 12.0 Å². The van der Waals surface area contributed by atoms with Crippen molar-refractivity contribution < 1.29 is 0 Å². The minimum absolute atomic E-state index is 0.620. The van der Waals surface area contributed by atoms with Gasteiger partial charge < -0.3 is 4.90 Å². The van der Waals surface area contributed by atoms with Gasteiger partial charge in [-0.2, -0.15) is 0 Å². The molecule has 26 heavy (non-hydrogen) atoms. The highest BCUT2D eigenvalue weighted by Gasteiger charge is 2.22. The summed E-state index contributed by atoms with van der Waals surface area (Å²) in [4.78, 5) is 2.55. The lowest BCUT2D eigenvalue weighted by atomic mass is 9.77. The van der Waals surface area contributed by atoms with E-state index in [9.17, 15) is 0 Å². The van der Waals surface area contributed by atoms with E-state index >= 15 is 0 Å². The molecule has 2 aromatic rings. The predicted octanol–water partition coefficient (Wildman–Crippen LogP) is 6.00. The summed E-state index contributed by atoms with van der Waals surface area (Å²) in [6.45, 7) is 9.13. The Hall–Kier alpha value is -1.86. The maximum Gasteiger partial charge on any atom is 0.00385 e. The van der Waals surface area contributed by atoms with Crippen molar-refractivity contribution in [3.63, 3.8) is 0 Å². The van der Waals surface area contributed by atoms with Crippen LogP contribution < -0.4 is 0 Å². The van der Waals surface area contributed by atoms with Crippen LogP contribution in [0.25, 0.3) is 5.57 Å². The number of aryl methyl sites for hydroxylation is 1. The number of allylic oxidation sites excluding steroid dienone is 1. The van der Waals surface area contributed by atoms with Gasteiger partial charge in [-0.1, -0.05) is 67.6 Å². The second kappa shape index (κ2) is 9.19. The molecule has 0 spiro atoms. The van der Waals surface area contributed by atoms with Gasteiger partial charge in [-0.25, -0.2) is 0 Å². The normalized spacial score (nSPS) is 17.6. The second-order valence-electron chi connectivity index (χ2n) is 7.74. The highest BCUT2D eigenvalue weighted by Crippen LogP contribution is 2.35. The molecule has 1 heteroatoms. The molecule has 1 unspecified atom stereocenters. The molecule has 1 nitrogen and oxygen atoms in total.